The lowest BCUT2D eigenvalue weighted by atomic mass is 10.1. The molecular formula is C16H19FN4O3S. The minimum absolute atomic E-state index is 0.241. The van der Waals surface area contributed by atoms with Gasteiger partial charge in [-0.2, -0.15) is 0 Å². The number of carbonyl (C=O) groups is 1. The van der Waals surface area contributed by atoms with Crippen LogP contribution in [-0.4, -0.2) is 53.9 Å². The summed E-state index contributed by atoms with van der Waals surface area (Å²) in [5.74, 6) is -1.56. The monoisotopic (exact) mass is 366 g/mol. The maximum absolute atomic E-state index is 15.0. The Morgan fingerprint density at radius 1 is 1.40 bits per heavy atom. The first-order valence-electron chi connectivity index (χ1n) is 7.69. The highest BCUT2D eigenvalue weighted by atomic mass is 32.2. The van der Waals surface area contributed by atoms with Crippen molar-refractivity contribution in [1.82, 2.24) is 9.62 Å². The highest BCUT2D eigenvalue weighted by Crippen LogP contribution is 2.38. The van der Waals surface area contributed by atoms with Crippen LogP contribution in [0.3, 0.4) is 0 Å². The minimum atomic E-state index is -1.91. The van der Waals surface area contributed by atoms with Crippen molar-refractivity contribution < 1.29 is 18.5 Å². The molecule has 1 amide bonds. The van der Waals surface area contributed by atoms with Gasteiger partial charge in [0.1, 0.15) is 18.0 Å². The zero-order valence-corrected chi connectivity index (χ0v) is 14.7. The minimum Gasteiger partial charge on any atom is -0.506 e. The third-order valence-electron chi connectivity index (χ3n) is 3.86. The number of carbonyl (C=O) groups excluding carboxylic acids is 1. The van der Waals surface area contributed by atoms with Gasteiger partial charge in [0.15, 0.2) is 5.82 Å². The molecule has 0 radical (unpaired) electrons. The van der Waals surface area contributed by atoms with Crippen LogP contribution in [0.2, 0.25) is 0 Å². The molecule has 1 fully saturated rings. The van der Waals surface area contributed by atoms with Gasteiger partial charge in [0.05, 0.1) is 0 Å². The fourth-order valence-corrected chi connectivity index (χ4v) is 3.58. The van der Waals surface area contributed by atoms with Gasteiger partial charge in [-0.3, -0.25) is 13.8 Å². The van der Waals surface area contributed by atoms with E-state index in [0.29, 0.717) is 11.9 Å². The Labute approximate surface area is 147 Å². The molecule has 3 N–H and O–H groups in total. The van der Waals surface area contributed by atoms with Gasteiger partial charge in [-0.1, -0.05) is 6.07 Å². The maximum atomic E-state index is 15.0. The molecule has 7 nitrogen and oxygen atoms in total. The second-order valence-corrected chi connectivity index (χ2v) is 7.18. The number of likely N-dealkylation sites (N-methyl/N-ethyl adjacent to an activating group) is 1. The van der Waals surface area contributed by atoms with Crippen LogP contribution in [0, 0.1) is 5.82 Å². The van der Waals surface area contributed by atoms with Crippen LogP contribution >= 0.6 is 0 Å². The second kappa shape index (κ2) is 6.85. The van der Waals surface area contributed by atoms with Gasteiger partial charge in [-0.25, -0.2) is 8.60 Å². The number of rotatable bonds is 5. The van der Waals surface area contributed by atoms with E-state index in [-0.39, 0.29) is 23.4 Å². The van der Waals surface area contributed by atoms with Crippen LogP contribution < -0.4 is 14.3 Å². The van der Waals surface area contributed by atoms with E-state index in [4.69, 9.17) is 0 Å². The molecule has 134 valence electrons. The van der Waals surface area contributed by atoms with Gasteiger partial charge in [0.25, 0.3) is 5.91 Å². The standard InChI is InChI=1S/C16H19FN4O3S/c1-20(2)6-5-18-11-4-3-10-7-13(22)16(15(17)12(10)8-11)21-9-14(23)19-25(21)24/h3-4,7-8,18,22H,5-6,9H2,1-2H3,(H,19,23). The van der Waals surface area contributed by atoms with Crippen molar-refractivity contribution in [3.05, 3.63) is 30.1 Å². The molecule has 1 unspecified atom stereocenters. The van der Waals surface area contributed by atoms with E-state index in [1.165, 1.54) is 6.07 Å². The molecule has 1 saturated heterocycles. The lowest BCUT2D eigenvalue weighted by Gasteiger charge is -2.18. The fraction of sp³-hybridized carbons (Fsp3) is 0.312. The van der Waals surface area contributed by atoms with Crippen molar-refractivity contribution in [3.63, 3.8) is 0 Å². The first-order chi connectivity index (χ1) is 11.9. The Morgan fingerprint density at radius 3 is 2.80 bits per heavy atom. The van der Waals surface area contributed by atoms with E-state index in [9.17, 15) is 14.1 Å². The number of phenolic OH excluding ortho intramolecular Hbond substituents is 1. The van der Waals surface area contributed by atoms with E-state index in [1.807, 2.05) is 19.0 Å². The third kappa shape index (κ3) is 3.52. The molecule has 9 heteroatoms. The van der Waals surface area contributed by atoms with Crippen molar-refractivity contribution in [2.24, 2.45) is 0 Å². The van der Waals surface area contributed by atoms with Crippen molar-refractivity contribution in [2.45, 2.75) is 0 Å². The number of benzene rings is 2. The third-order valence-corrected chi connectivity index (χ3v) is 4.97. The van der Waals surface area contributed by atoms with Crippen molar-refractivity contribution >= 4 is 39.2 Å². The Hall–Kier alpha value is -2.39. The number of amides is 1. The Balaban J connectivity index is 1.98. The van der Waals surface area contributed by atoms with Crippen LogP contribution in [0.5, 0.6) is 5.75 Å². The summed E-state index contributed by atoms with van der Waals surface area (Å²) in [6.07, 6.45) is 0. The highest BCUT2D eigenvalue weighted by Gasteiger charge is 2.32. The van der Waals surface area contributed by atoms with E-state index >= 15 is 4.39 Å². The summed E-state index contributed by atoms with van der Waals surface area (Å²) in [6.45, 7) is 1.24. The first kappa shape index (κ1) is 17.4. The van der Waals surface area contributed by atoms with Crippen molar-refractivity contribution in [1.29, 1.82) is 0 Å². The summed E-state index contributed by atoms with van der Waals surface area (Å²) >= 11 is -1.91. The summed E-state index contributed by atoms with van der Waals surface area (Å²) in [5.41, 5.74) is 0.497. The summed E-state index contributed by atoms with van der Waals surface area (Å²) < 4.78 is 30.1. The Bertz CT molecular complexity index is 859. The molecule has 0 spiro atoms. The summed E-state index contributed by atoms with van der Waals surface area (Å²) in [5, 5.41) is 14.1. The molecule has 0 aromatic heterocycles. The predicted octanol–water partition coefficient (Wildman–Crippen LogP) is 1.17. The van der Waals surface area contributed by atoms with Crippen molar-refractivity contribution in [2.75, 3.05) is 43.4 Å². The van der Waals surface area contributed by atoms with Crippen LogP contribution in [0.4, 0.5) is 15.8 Å². The van der Waals surface area contributed by atoms with Crippen LogP contribution in [-0.2, 0) is 16.0 Å². The predicted molar refractivity (Wildman–Crippen MR) is 96.2 cm³/mol. The molecule has 1 atom stereocenters. The zero-order valence-electron chi connectivity index (χ0n) is 13.9. The topological polar surface area (TPSA) is 84.9 Å². The van der Waals surface area contributed by atoms with E-state index in [1.54, 1.807) is 18.2 Å². The zero-order chi connectivity index (χ0) is 18.1. The second-order valence-electron chi connectivity index (χ2n) is 6.04. The number of phenols is 1. The number of hydrogen-bond donors (Lipinski definition) is 3. The smallest absolute Gasteiger partial charge is 0.253 e. The molecule has 1 heterocycles. The lowest BCUT2D eigenvalue weighted by Crippen LogP contribution is -2.23. The molecule has 25 heavy (non-hydrogen) atoms. The maximum Gasteiger partial charge on any atom is 0.253 e. The van der Waals surface area contributed by atoms with Gasteiger partial charge < -0.3 is 15.3 Å². The van der Waals surface area contributed by atoms with E-state index in [0.717, 1.165) is 16.5 Å². The molecule has 0 bridgehead atoms. The lowest BCUT2D eigenvalue weighted by molar-refractivity contribution is -0.117. The quantitative estimate of drug-likeness (QED) is 0.740. The van der Waals surface area contributed by atoms with Crippen molar-refractivity contribution in [3.8, 4) is 5.75 Å². The molecule has 1 aliphatic rings. The first-order valence-corrected chi connectivity index (χ1v) is 8.80. The highest BCUT2D eigenvalue weighted by molar-refractivity contribution is 7.85. The number of nitrogens with one attached hydrogen (secondary N) is 2. The Morgan fingerprint density at radius 2 is 2.16 bits per heavy atom. The molecule has 2 aromatic rings. The average molecular weight is 366 g/mol. The van der Waals surface area contributed by atoms with Gasteiger partial charge in [-0.05, 0) is 37.7 Å². The average Bonchev–Trinajstić information content (AvgIpc) is 2.86. The molecular weight excluding hydrogens is 347 g/mol. The van der Waals surface area contributed by atoms with Crippen LogP contribution in [0.25, 0.3) is 10.8 Å². The van der Waals surface area contributed by atoms with Crippen LogP contribution in [0.15, 0.2) is 24.3 Å². The number of hydrogen-bond acceptors (Lipinski definition) is 5. The summed E-state index contributed by atoms with van der Waals surface area (Å²) in [4.78, 5) is 13.4. The number of anilines is 2. The molecule has 3 rings (SSSR count). The Kier molecular flexibility index (Phi) is 4.78. The summed E-state index contributed by atoms with van der Waals surface area (Å²) in [6, 6.07) is 6.54. The van der Waals surface area contributed by atoms with E-state index < -0.39 is 22.9 Å². The molecule has 0 saturated carbocycles. The molecule has 1 aliphatic heterocycles. The summed E-state index contributed by atoms with van der Waals surface area (Å²) in [7, 11) is 3.92. The van der Waals surface area contributed by atoms with Crippen LogP contribution in [0.1, 0.15) is 0 Å². The number of nitrogens with zero attached hydrogens (tertiary/aromatic N) is 2. The molecule has 2 aromatic carbocycles. The van der Waals surface area contributed by atoms with Gasteiger partial charge in [-0.15, -0.1) is 0 Å². The van der Waals surface area contributed by atoms with Gasteiger partial charge in [0.2, 0.25) is 11.2 Å². The van der Waals surface area contributed by atoms with Gasteiger partial charge >= 0.3 is 0 Å². The molecule has 0 aliphatic carbocycles. The SMILES string of the molecule is CN(C)CCNc1ccc2cc(O)c(N3CC(=O)NS3=O)c(F)c2c1. The fourth-order valence-electron chi connectivity index (χ4n) is 2.63. The normalized spacial score (nSPS) is 17.4. The number of fused-ring (bicyclic) bond motifs is 1. The van der Waals surface area contributed by atoms with E-state index in [2.05, 4.69) is 10.0 Å². The largest absolute Gasteiger partial charge is 0.506 e. The number of halogens is 1. The number of aromatic hydroxyl groups is 1. The van der Waals surface area contributed by atoms with Gasteiger partial charge in [0, 0.05) is 24.2 Å².